The molecule has 5 rings (SSSR count). The summed E-state index contributed by atoms with van der Waals surface area (Å²) < 4.78 is 0. The molecular formula is C23H19N. The molecule has 1 aliphatic carbocycles. The second-order valence-electron chi connectivity index (χ2n) is 6.77. The number of anilines is 2. The number of nitrogens with zero attached hydrogens (tertiary/aromatic N) is 1. The summed E-state index contributed by atoms with van der Waals surface area (Å²) in [6.07, 6.45) is 3.38. The van der Waals surface area contributed by atoms with Gasteiger partial charge in [-0.2, -0.15) is 0 Å². The first-order chi connectivity index (χ1) is 11.8. The molecule has 0 saturated heterocycles. The molecular weight excluding hydrogens is 290 g/mol. The fourth-order valence-corrected chi connectivity index (χ4v) is 4.10. The van der Waals surface area contributed by atoms with E-state index in [-0.39, 0.29) is 0 Å². The Kier molecular flexibility index (Phi) is 2.90. The van der Waals surface area contributed by atoms with E-state index in [1.165, 1.54) is 44.8 Å². The van der Waals surface area contributed by atoms with Crippen LogP contribution in [0.25, 0.3) is 17.2 Å². The molecule has 0 N–H and O–H groups in total. The van der Waals surface area contributed by atoms with Crippen LogP contribution in [0.2, 0.25) is 0 Å². The van der Waals surface area contributed by atoms with Crippen molar-refractivity contribution in [2.45, 2.75) is 19.9 Å². The van der Waals surface area contributed by atoms with Gasteiger partial charge in [0.15, 0.2) is 0 Å². The Balaban J connectivity index is 1.71. The van der Waals surface area contributed by atoms with Gasteiger partial charge in [-0.25, -0.2) is 0 Å². The van der Waals surface area contributed by atoms with Crippen molar-refractivity contribution in [1.82, 2.24) is 0 Å². The number of benzene rings is 3. The van der Waals surface area contributed by atoms with Crippen LogP contribution in [0.1, 0.15) is 23.6 Å². The molecule has 116 valence electrons. The monoisotopic (exact) mass is 309 g/mol. The number of para-hydroxylation sites is 1. The molecule has 0 bridgehead atoms. The summed E-state index contributed by atoms with van der Waals surface area (Å²) >= 11 is 0. The Morgan fingerprint density at radius 2 is 1.50 bits per heavy atom. The van der Waals surface area contributed by atoms with E-state index < -0.39 is 0 Å². The van der Waals surface area contributed by atoms with Gasteiger partial charge < -0.3 is 4.90 Å². The van der Waals surface area contributed by atoms with Gasteiger partial charge in [-0.3, -0.25) is 0 Å². The van der Waals surface area contributed by atoms with Crippen molar-refractivity contribution in [3.05, 3.63) is 89.0 Å². The highest BCUT2D eigenvalue weighted by atomic mass is 15.1. The summed E-state index contributed by atoms with van der Waals surface area (Å²) in [5.74, 6) is 0. The van der Waals surface area contributed by atoms with E-state index in [9.17, 15) is 0 Å². The molecule has 0 unspecified atom stereocenters. The maximum Gasteiger partial charge on any atom is 0.0493 e. The van der Waals surface area contributed by atoms with E-state index in [1.807, 2.05) is 0 Å². The minimum atomic E-state index is 0.933. The Morgan fingerprint density at radius 3 is 2.42 bits per heavy atom. The molecule has 3 aromatic rings. The SMILES string of the molecule is CC1=Cc2cccc(N3Cc4ccccc4-c4ccccc43)c2C1. The number of rotatable bonds is 1. The molecule has 0 atom stereocenters. The van der Waals surface area contributed by atoms with Crippen molar-refractivity contribution in [2.24, 2.45) is 0 Å². The second kappa shape index (κ2) is 5.10. The lowest BCUT2D eigenvalue weighted by Gasteiger charge is -2.34. The first kappa shape index (κ1) is 13.6. The van der Waals surface area contributed by atoms with Crippen LogP contribution in [0.4, 0.5) is 11.4 Å². The maximum absolute atomic E-state index is 2.49. The van der Waals surface area contributed by atoms with Crippen LogP contribution in [-0.2, 0) is 13.0 Å². The molecule has 1 nitrogen and oxygen atoms in total. The van der Waals surface area contributed by atoms with Gasteiger partial charge in [-0.1, -0.05) is 66.2 Å². The first-order valence-corrected chi connectivity index (χ1v) is 8.55. The number of allylic oxidation sites excluding steroid dienone is 1. The lowest BCUT2D eigenvalue weighted by atomic mass is 9.92. The van der Waals surface area contributed by atoms with Crippen LogP contribution in [0.3, 0.4) is 0 Å². The van der Waals surface area contributed by atoms with Gasteiger partial charge in [0.25, 0.3) is 0 Å². The van der Waals surface area contributed by atoms with E-state index in [2.05, 4.69) is 84.6 Å². The molecule has 24 heavy (non-hydrogen) atoms. The molecule has 3 aromatic carbocycles. The predicted molar refractivity (Wildman–Crippen MR) is 102 cm³/mol. The molecule has 1 aliphatic heterocycles. The quantitative estimate of drug-likeness (QED) is 0.535. The number of hydrogen-bond acceptors (Lipinski definition) is 1. The van der Waals surface area contributed by atoms with Crippen molar-refractivity contribution in [1.29, 1.82) is 0 Å². The third kappa shape index (κ3) is 1.94. The van der Waals surface area contributed by atoms with Crippen molar-refractivity contribution < 1.29 is 0 Å². The molecule has 0 fully saturated rings. The van der Waals surface area contributed by atoms with E-state index in [1.54, 1.807) is 0 Å². The minimum absolute atomic E-state index is 0.933. The van der Waals surface area contributed by atoms with Gasteiger partial charge >= 0.3 is 0 Å². The van der Waals surface area contributed by atoms with Crippen LogP contribution in [-0.4, -0.2) is 0 Å². The zero-order valence-electron chi connectivity index (χ0n) is 13.8. The fraction of sp³-hybridized carbons (Fsp3) is 0.130. The summed E-state index contributed by atoms with van der Waals surface area (Å²) in [5.41, 5.74) is 11.0. The van der Waals surface area contributed by atoms with Gasteiger partial charge in [0.2, 0.25) is 0 Å². The normalized spacial score (nSPS) is 14.7. The zero-order chi connectivity index (χ0) is 16.1. The van der Waals surface area contributed by atoms with Crippen LogP contribution < -0.4 is 4.90 Å². The topological polar surface area (TPSA) is 3.24 Å². The van der Waals surface area contributed by atoms with E-state index in [0.29, 0.717) is 0 Å². The first-order valence-electron chi connectivity index (χ1n) is 8.55. The molecule has 1 heterocycles. The highest BCUT2D eigenvalue weighted by Crippen LogP contribution is 2.45. The molecule has 0 radical (unpaired) electrons. The Hall–Kier alpha value is -2.80. The van der Waals surface area contributed by atoms with Crippen molar-refractivity contribution in [3.63, 3.8) is 0 Å². The fourth-order valence-electron chi connectivity index (χ4n) is 4.10. The van der Waals surface area contributed by atoms with Gasteiger partial charge in [-0.05, 0) is 47.7 Å². The summed E-state index contributed by atoms with van der Waals surface area (Å²) in [7, 11) is 0. The largest absolute Gasteiger partial charge is 0.336 e. The summed E-state index contributed by atoms with van der Waals surface area (Å²) in [6.45, 7) is 3.16. The van der Waals surface area contributed by atoms with Gasteiger partial charge in [-0.15, -0.1) is 0 Å². The van der Waals surface area contributed by atoms with Crippen LogP contribution in [0, 0.1) is 0 Å². The van der Waals surface area contributed by atoms with Crippen molar-refractivity contribution in [3.8, 4) is 11.1 Å². The van der Waals surface area contributed by atoms with Crippen LogP contribution >= 0.6 is 0 Å². The molecule has 0 amide bonds. The lowest BCUT2D eigenvalue weighted by molar-refractivity contribution is 0.949. The Bertz CT molecular complexity index is 981. The van der Waals surface area contributed by atoms with Gasteiger partial charge in [0.1, 0.15) is 0 Å². The smallest absolute Gasteiger partial charge is 0.0493 e. The van der Waals surface area contributed by atoms with Crippen LogP contribution in [0.5, 0.6) is 0 Å². The average molecular weight is 309 g/mol. The Morgan fingerprint density at radius 1 is 0.750 bits per heavy atom. The average Bonchev–Trinajstić information content (AvgIpc) is 3.01. The standard InChI is InChI=1S/C23H19N/c1-16-13-17-8-6-12-23(21(17)14-16)24-15-18-7-2-3-9-19(18)20-10-4-5-11-22(20)24/h2-13H,14-15H2,1H3. The van der Waals surface area contributed by atoms with Crippen molar-refractivity contribution >= 4 is 17.5 Å². The zero-order valence-corrected chi connectivity index (χ0v) is 13.8. The molecule has 2 aliphatic rings. The predicted octanol–water partition coefficient (Wildman–Crippen LogP) is 5.96. The van der Waals surface area contributed by atoms with Crippen LogP contribution in [0.15, 0.2) is 72.3 Å². The summed E-state index contributed by atoms with van der Waals surface area (Å²) in [5, 5.41) is 0. The van der Waals surface area contributed by atoms with E-state index in [0.717, 1.165) is 13.0 Å². The second-order valence-corrected chi connectivity index (χ2v) is 6.77. The van der Waals surface area contributed by atoms with Gasteiger partial charge in [0.05, 0.1) is 0 Å². The Labute approximate surface area is 142 Å². The third-order valence-corrected chi connectivity index (χ3v) is 5.17. The van der Waals surface area contributed by atoms with E-state index >= 15 is 0 Å². The number of fused-ring (bicyclic) bond motifs is 4. The lowest BCUT2D eigenvalue weighted by Crippen LogP contribution is -2.22. The molecule has 1 heteroatoms. The van der Waals surface area contributed by atoms with Gasteiger partial charge in [0, 0.05) is 23.5 Å². The summed E-state index contributed by atoms with van der Waals surface area (Å²) in [6, 6.07) is 24.3. The van der Waals surface area contributed by atoms with E-state index in [4.69, 9.17) is 0 Å². The van der Waals surface area contributed by atoms with Crippen molar-refractivity contribution in [2.75, 3.05) is 4.90 Å². The highest BCUT2D eigenvalue weighted by Gasteiger charge is 2.25. The molecule has 0 spiro atoms. The molecule has 0 saturated carbocycles. The maximum atomic E-state index is 2.49. The molecule has 0 aromatic heterocycles. The highest BCUT2D eigenvalue weighted by molar-refractivity contribution is 5.88. The minimum Gasteiger partial charge on any atom is -0.336 e. The third-order valence-electron chi connectivity index (χ3n) is 5.17. The number of hydrogen-bond donors (Lipinski definition) is 0. The summed E-state index contributed by atoms with van der Waals surface area (Å²) in [4.78, 5) is 2.49.